The number of ether oxygens (including phenoxy) is 2. The molecule has 3 heterocycles. The standard InChI is InChI=1S/C26H22N4O5S/c1-33-18-7-5-6-16(14-18)29-25(24(28-26(29)36)20-8-3-4-13-27-20)22-12-11-21(35-22)19-10-9-17(30(31)32)15-23(19)34-2/h3-15,24-25H,1-2H3,(H,28,36)/t24-,25-/m0/s1. The molecule has 2 atom stereocenters. The van der Waals surface area contributed by atoms with Crippen molar-refractivity contribution in [2.75, 3.05) is 19.1 Å². The Morgan fingerprint density at radius 3 is 2.64 bits per heavy atom. The monoisotopic (exact) mass is 502 g/mol. The number of nitrogens with one attached hydrogen (secondary N) is 1. The molecule has 0 aliphatic carbocycles. The Morgan fingerprint density at radius 2 is 1.92 bits per heavy atom. The number of nitrogens with zero attached hydrogens (tertiary/aromatic N) is 3. The molecule has 182 valence electrons. The smallest absolute Gasteiger partial charge is 0.273 e. The van der Waals surface area contributed by atoms with Crippen molar-refractivity contribution in [1.29, 1.82) is 0 Å². The SMILES string of the molecule is COc1cccc(N2C(=S)N[C@@H](c3ccccn3)[C@@H]2c2ccc(-c3ccc([N+](=O)[O-])cc3OC)o2)c1. The minimum atomic E-state index is -0.464. The average molecular weight is 503 g/mol. The Hall–Kier alpha value is -4.44. The van der Waals surface area contributed by atoms with Crippen LogP contribution < -0.4 is 19.7 Å². The third-order valence-electron chi connectivity index (χ3n) is 6.01. The summed E-state index contributed by atoms with van der Waals surface area (Å²) in [5, 5.41) is 15.1. The fourth-order valence-electron chi connectivity index (χ4n) is 4.34. The molecule has 0 spiro atoms. The van der Waals surface area contributed by atoms with Crippen LogP contribution in [-0.2, 0) is 0 Å². The summed E-state index contributed by atoms with van der Waals surface area (Å²) >= 11 is 5.76. The van der Waals surface area contributed by atoms with Gasteiger partial charge in [0, 0.05) is 24.0 Å². The number of nitro benzene ring substituents is 1. The van der Waals surface area contributed by atoms with Crippen molar-refractivity contribution >= 4 is 28.7 Å². The van der Waals surface area contributed by atoms with Crippen LogP contribution in [0.2, 0.25) is 0 Å². The average Bonchev–Trinajstić information content (AvgIpc) is 3.53. The van der Waals surface area contributed by atoms with Crippen LogP contribution in [0.25, 0.3) is 11.3 Å². The molecular weight excluding hydrogens is 480 g/mol. The van der Waals surface area contributed by atoms with Gasteiger partial charge in [-0.2, -0.15) is 0 Å². The van der Waals surface area contributed by atoms with E-state index in [1.807, 2.05) is 59.5 Å². The maximum absolute atomic E-state index is 11.2. The largest absolute Gasteiger partial charge is 0.497 e. The number of pyridine rings is 1. The molecular formula is C26H22N4O5S. The van der Waals surface area contributed by atoms with E-state index in [-0.39, 0.29) is 17.8 Å². The second-order valence-corrected chi connectivity index (χ2v) is 8.43. The van der Waals surface area contributed by atoms with Gasteiger partial charge >= 0.3 is 0 Å². The first-order valence-electron chi connectivity index (χ1n) is 11.1. The Balaban J connectivity index is 1.60. The molecule has 9 nitrogen and oxygen atoms in total. The molecule has 1 aliphatic rings. The summed E-state index contributed by atoms with van der Waals surface area (Å²) in [4.78, 5) is 17.3. The van der Waals surface area contributed by atoms with Crippen molar-refractivity contribution in [2.24, 2.45) is 0 Å². The van der Waals surface area contributed by atoms with Gasteiger partial charge in [0.2, 0.25) is 0 Å². The normalized spacial score (nSPS) is 17.1. The number of methoxy groups -OCH3 is 2. The van der Waals surface area contributed by atoms with Crippen molar-refractivity contribution in [1.82, 2.24) is 10.3 Å². The van der Waals surface area contributed by atoms with Gasteiger partial charge in [-0.15, -0.1) is 0 Å². The number of non-ortho nitro benzene ring substituents is 1. The zero-order valence-electron chi connectivity index (χ0n) is 19.5. The van der Waals surface area contributed by atoms with Crippen LogP contribution in [0.3, 0.4) is 0 Å². The van der Waals surface area contributed by atoms with Gasteiger partial charge in [0.25, 0.3) is 5.69 Å². The lowest BCUT2D eigenvalue weighted by Gasteiger charge is -2.26. The fourth-order valence-corrected chi connectivity index (χ4v) is 4.68. The number of aromatic nitrogens is 1. The number of hydrogen-bond acceptors (Lipinski definition) is 7. The number of hydrogen-bond donors (Lipinski definition) is 1. The minimum Gasteiger partial charge on any atom is -0.497 e. The topological polar surface area (TPSA) is 103 Å². The van der Waals surface area contributed by atoms with Gasteiger partial charge in [0.1, 0.15) is 29.1 Å². The molecule has 0 amide bonds. The van der Waals surface area contributed by atoms with Crippen LogP contribution >= 0.6 is 12.2 Å². The summed E-state index contributed by atoms with van der Waals surface area (Å²) in [6, 6.07) is 20.8. The first-order valence-corrected chi connectivity index (χ1v) is 11.5. The molecule has 4 aromatic rings. The Morgan fingerprint density at radius 1 is 1.06 bits per heavy atom. The second-order valence-electron chi connectivity index (χ2n) is 8.04. The number of anilines is 1. The third kappa shape index (κ3) is 4.22. The van der Waals surface area contributed by atoms with Crippen LogP contribution in [0.5, 0.6) is 11.5 Å². The summed E-state index contributed by atoms with van der Waals surface area (Å²) < 4.78 is 17.2. The maximum atomic E-state index is 11.2. The predicted octanol–water partition coefficient (Wildman–Crippen LogP) is 5.44. The van der Waals surface area contributed by atoms with E-state index in [1.54, 1.807) is 19.4 Å². The number of nitro groups is 1. The highest BCUT2D eigenvalue weighted by Gasteiger charge is 2.42. The molecule has 0 radical (unpaired) electrons. The summed E-state index contributed by atoms with van der Waals surface area (Å²) in [5.74, 6) is 2.19. The lowest BCUT2D eigenvalue weighted by atomic mass is 10.0. The summed E-state index contributed by atoms with van der Waals surface area (Å²) in [7, 11) is 3.08. The van der Waals surface area contributed by atoms with E-state index >= 15 is 0 Å². The Kier molecular flexibility index (Phi) is 6.26. The molecule has 5 rings (SSSR count). The molecule has 2 aromatic carbocycles. The van der Waals surface area contributed by atoms with Crippen LogP contribution in [-0.4, -0.2) is 29.2 Å². The zero-order chi connectivity index (χ0) is 25.2. The van der Waals surface area contributed by atoms with E-state index in [4.69, 9.17) is 26.1 Å². The fraction of sp³-hybridized carbons (Fsp3) is 0.154. The third-order valence-corrected chi connectivity index (χ3v) is 6.32. The van der Waals surface area contributed by atoms with Crippen molar-refractivity contribution in [2.45, 2.75) is 12.1 Å². The van der Waals surface area contributed by atoms with Crippen LogP contribution in [0.15, 0.2) is 83.4 Å². The quantitative estimate of drug-likeness (QED) is 0.201. The number of rotatable bonds is 7. The summed E-state index contributed by atoms with van der Waals surface area (Å²) in [6.45, 7) is 0. The van der Waals surface area contributed by atoms with Crippen LogP contribution in [0.4, 0.5) is 11.4 Å². The van der Waals surface area contributed by atoms with E-state index < -0.39 is 4.92 Å². The maximum Gasteiger partial charge on any atom is 0.273 e. The molecule has 36 heavy (non-hydrogen) atoms. The minimum absolute atomic E-state index is 0.0628. The number of furan rings is 1. The lowest BCUT2D eigenvalue weighted by Crippen LogP contribution is -2.29. The number of benzene rings is 2. The highest BCUT2D eigenvalue weighted by Crippen LogP contribution is 2.44. The highest BCUT2D eigenvalue weighted by atomic mass is 32.1. The van der Waals surface area contributed by atoms with Crippen LogP contribution in [0.1, 0.15) is 23.5 Å². The Bertz CT molecular complexity index is 1420. The second kappa shape index (κ2) is 9.67. The van der Waals surface area contributed by atoms with Gasteiger partial charge in [-0.1, -0.05) is 12.1 Å². The van der Waals surface area contributed by atoms with Crippen molar-refractivity contribution in [3.63, 3.8) is 0 Å². The molecule has 0 bridgehead atoms. The molecule has 2 aromatic heterocycles. The van der Waals surface area contributed by atoms with Gasteiger partial charge in [-0.25, -0.2) is 0 Å². The Labute approximate surface area is 212 Å². The molecule has 10 heteroatoms. The first-order chi connectivity index (χ1) is 17.5. The van der Waals surface area contributed by atoms with Gasteiger partial charge in [0.15, 0.2) is 5.11 Å². The van der Waals surface area contributed by atoms with E-state index in [1.165, 1.54) is 19.2 Å². The van der Waals surface area contributed by atoms with Crippen LogP contribution in [0, 0.1) is 10.1 Å². The van der Waals surface area contributed by atoms with Gasteiger partial charge in [0.05, 0.1) is 42.5 Å². The van der Waals surface area contributed by atoms with E-state index in [9.17, 15) is 10.1 Å². The van der Waals surface area contributed by atoms with Gasteiger partial charge < -0.3 is 24.1 Å². The van der Waals surface area contributed by atoms with E-state index in [0.29, 0.717) is 33.7 Å². The highest BCUT2D eigenvalue weighted by molar-refractivity contribution is 7.80. The molecule has 0 unspecified atom stereocenters. The lowest BCUT2D eigenvalue weighted by molar-refractivity contribution is -0.384. The van der Waals surface area contributed by atoms with Gasteiger partial charge in [-0.05, 0) is 54.7 Å². The van der Waals surface area contributed by atoms with E-state index in [2.05, 4.69) is 10.3 Å². The summed E-state index contributed by atoms with van der Waals surface area (Å²) in [5.41, 5.74) is 2.18. The molecule has 1 saturated heterocycles. The molecule has 1 N–H and O–H groups in total. The van der Waals surface area contributed by atoms with Crippen molar-refractivity contribution in [3.05, 3.63) is 101 Å². The first kappa shape index (κ1) is 23.3. The molecule has 1 aliphatic heterocycles. The zero-order valence-corrected chi connectivity index (χ0v) is 20.3. The number of thiocarbonyl (C=S) groups is 1. The van der Waals surface area contributed by atoms with Crippen molar-refractivity contribution < 1.29 is 18.8 Å². The van der Waals surface area contributed by atoms with Gasteiger partial charge in [-0.3, -0.25) is 15.1 Å². The van der Waals surface area contributed by atoms with Crippen molar-refractivity contribution in [3.8, 4) is 22.8 Å². The molecule has 0 saturated carbocycles. The molecule has 1 fully saturated rings. The predicted molar refractivity (Wildman–Crippen MR) is 138 cm³/mol. The summed E-state index contributed by atoms with van der Waals surface area (Å²) in [6.07, 6.45) is 1.74. The van der Waals surface area contributed by atoms with E-state index in [0.717, 1.165) is 11.4 Å².